The molecule has 2 aliphatic rings. The number of aromatic nitrogens is 1. The number of rotatable bonds is 28. The van der Waals surface area contributed by atoms with E-state index in [2.05, 4.69) is 90.1 Å². The summed E-state index contributed by atoms with van der Waals surface area (Å²) in [5.41, 5.74) is 20.8. The molecule has 2 heterocycles. The first-order chi connectivity index (χ1) is 68.3. The Labute approximate surface area is 840 Å². The molecule has 44 heteroatoms. The number of aromatic hydroxyl groups is 1. The second kappa shape index (κ2) is 56.2. The van der Waals surface area contributed by atoms with Crippen molar-refractivity contribution in [3.63, 3.8) is 0 Å². The summed E-state index contributed by atoms with van der Waals surface area (Å²) in [6.45, 7) is 13.5. The Bertz CT molecular complexity index is 5450. The molecule has 0 bridgehead atoms. The minimum Gasteiger partial charge on any atom is -0.508 e. The van der Waals surface area contributed by atoms with Gasteiger partial charge in [0.15, 0.2) is 11.9 Å². The summed E-state index contributed by atoms with van der Waals surface area (Å²) in [5.74, 6) is -22.4. The quantitative estimate of drug-likeness (QED) is 0.0175. The van der Waals surface area contributed by atoms with Crippen LogP contribution in [0.5, 0.6) is 5.75 Å². The number of carbonyl (C=O) groups is 17. The second-order valence-corrected chi connectivity index (χ2v) is 38.6. The van der Waals surface area contributed by atoms with Crippen molar-refractivity contribution in [1.82, 2.24) is 95.0 Å². The van der Waals surface area contributed by atoms with Crippen molar-refractivity contribution in [3.8, 4) is 16.9 Å². The van der Waals surface area contributed by atoms with E-state index in [1.54, 1.807) is 127 Å². The average Bonchev–Trinajstić information content (AvgIpc) is 1.81. The number of hydrogen-bond acceptors (Lipinski definition) is 22. The first kappa shape index (κ1) is 115. The van der Waals surface area contributed by atoms with Crippen molar-refractivity contribution in [2.75, 3.05) is 31.6 Å². The van der Waals surface area contributed by atoms with Crippen molar-refractivity contribution in [1.29, 1.82) is 10.8 Å². The van der Waals surface area contributed by atoms with Crippen LogP contribution < -0.4 is 102 Å². The number of phenolic OH excluding ortho intramolecular Hbond substituents is 1. The van der Waals surface area contributed by atoms with Crippen LogP contribution >= 0.6 is 11.8 Å². The van der Waals surface area contributed by atoms with Gasteiger partial charge in [0.25, 0.3) is 0 Å². The molecule has 0 spiro atoms. The molecule has 5 aromatic carbocycles. The van der Waals surface area contributed by atoms with Gasteiger partial charge in [-0.05, 0) is 141 Å². The normalized spacial score (nSPS) is 23.5. The zero-order valence-corrected chi connectivity index (χ0v) is 83.4. The van der Waals surface area contributed by atoms with Crippen molar-refractivity contribution in [2.45, 2.75) is 255 Å². The molecule has 8 rings (SSSR count). The SMILES string of the molecule is CC(C)C[C@@H]1NC(=O)[C@H](CCCNC(=N)N)NC(=O)[C@@H](C2CCCCC2)NC(=O)[C@H](C)N(C)C(=O)[C@H](CCCNC(=N)N)NC(=O)[C@H](Cc2ccc(-c3ccccc3)cc2)NC(=O)[C@H](C(C)C)NC(=O)[C@H](Cc2c[nH]c3ccccc23)NC(=O)[C@H](CC(=O)O)NC(=O)[C@H](Cc2ccc(O)cc2)NC(=O)[C@H](Cc2ccccc2)NC(=O)CSC[C@@H](C(=O)N[C@@H](C)C(N)=O)NC(=O)[C@H]([C@@H](C)O)NC(=O)[C@H](C(C)C)NC1=O. The lowest BCUT2D eigenvalue weighted by Crippen LogP contribution is -2.63. The third kappa shape index (κ3) is 36.1. The number of nitrogens with zero attached hydrogens (tertiary/aromatic N) is 1. The molecule has 780 valence electrons. The Balaban J connectivity index is 1.23. The van der Waals surface area contributed by atoms with Crippen LogP contribution in [0.25, 0.3) is 22.0 Å². The van der Waals surface area contributed by atoms with Gasteiger partial charge in [-0.15, -0.1) is 11.8 Å². The third-order valence-corrected chi connectivity index (χ3v) is 25.9. The second-order valence-electron chi connectivity index (χ2n) is 37.5. The maximum absolute atomic E-state index is 15.6. The van der Waals surface area contributed by atoms with E-state index in [0.717, 1.165) is 29.4 Å². The number of nitrogens with two attached hydrogens (primary N) is 3. The zero-order valence-electron chi connectivity index (χ0n) is 82.6. The highest BCUT2D eigenvalue weighted by Crippen LogP contribution is 2.29. The van der Waals surface area contributed by atoms with Crippen LogP contribution in [0.15, 0.2) is 140 Å². The Kier molecular flexibility index (Phi) is 44.7. The number of aliphatic hydroxyl groups is 1. The van der Waals surface area contributed by atoms with Gasteiger partial charge in [-0.2, -0.15) is 0 Å². The van der Waals surface area contributed by atoms with E-state index < -0.39 is 251 Å². The first-order valence-corrected chi connectivity index (χ1v) is 49.4. The van der Waals surface area contributed by atoms with Crippen LogP contribution in [0.1, 0.15) is 155 Å². The van der Waals surface area contributed by atoms with Crippen molar-refractivity contribution >= 4 is 135 Å². The van der Waals surface area contributed by atoms with Gasteiger partial charge in [0.2, 0.25) is 94.5 Å². The number of para-hydroxylation sites is 1. The van der Waals surface area contributed by atoms with Crippen LogP contribution in [0, 0.1) is 34.5 Å². The number of thioether (sulfide) groups is 1. The average molecular weight is 2020 g/mol. The number of nitrogens with one attached hydrogen (secondary N) is 19. The number of likely N-dealkylation sites (N-methyl/N-ethyl adjacent to an activating group) is 1. The number of H-pyrrole nitrogens is 1. The van der Waals surface area contributed by atoms with Gasteiger partial charge in [-0.3, -0.25) is 92.3 Å². The lowest BCUT2D eigenvalue weighted by atomic mass is 9.83. The Morgan fingerprint density at radius 3 is 1.45 bits per heavy atom. The van der Waals surface area contributed by atoms with Crippen LogP contribution in [0.4, 0.5) is 0 Å². The highest BCUT2D eigenvalue weighted by Gasteiger charge is 2.43. The molecule has 2 fully saturated rings. The van der Waals surface area contributed by atoms with Crippen LogP contribution in [0.3, 0.4) is 0 Å². The lowest BCUT2D eigenvalue weighted by Gasteiger charge is -2.34. The number of carboxylic acids is 1. The third-order valence-electron chi connectivity index (χ3n) is 24.9. The number of phenols is 1. The summed E-state index contributed by atoms with van der Waals surface area (Å²) in [4.78, 5) is 256. The Hall–Kier alpha value is -14.7. The molecule has 28 N–H and O–H groups in total. The summed E-state index contributed by atoms with van der Waals surface area (Å²) in [5, 5.41) is 91.1. The summed E-state index contributed by atoms with van der Waals surface area (Å²) in [6, 6.07) is 12.6. The molecule has 16 amide bonds. The number of primary amides is 1. The van der Waals surface area contributed by atoms with Gasteiger partial charge in [-0.25, -0.2) is 0 Å². The summed E-state index contributed by atoms with van der Waals surface area (Å²) >= 11 is 0.712. The maximum atomic E-state index is 15.6. The number of hydrogen-bond donors (Lipinski definition) is 25. The summed E-state index contributed by atoms with van der Waals surface area (Å²) in [6.07, 6.45) is -0.181. The fraction of sp³-hybridized carbons (Fsp3) is 0.490. The number of aliphatic carboxylic acids is 1. The molecule has 16 atom stereocenters. The van der Waals surface area contributed by atoms with Crippen LogP contribution in [-0.4, -0.2) is 266 Å². The minimum absolute atomic E-state index is 0.00697. The fourth-order valence-electron chi connectivity index (χ4n) is 16.6. The van der Waals surface area contributed by atoms with Crippen molar-refractivity contribution in [2.24, 2.45) is 40.9 Å². The van der Waals surface area contributed by atoms with E-state index in [0.29, 0.717) is 65.0 Å². The van der Waals surface area contributed by atoms with E-state index in [4.69, 9.17) is 28.0 Å². The molecule has 0 radical (unpaired) electrons. The minimum atomic E-state index is -2.08. The maximum Gasteiger partial charge on any atom is 0.305 e. The number of guanidine groups is 2. The molecular weight excluding hydrogens is 1880 g/mol. The molecule has 43 nitrogen and oxygen atoms in total. The number of benzene rings is 5. The number of aliphatic hydroxyl groups excluding tert-OH is 1. The molecule has 1 aromatic heterocycles. The zero-order chi connectivity index (χ0) is 106. The number of carbonyl (C=O) groups excluding carboxylic acids is 16. The number of aromatic amines is 1. The topological polar surface area (TPSA) is 688 Å². The molecule has 1 aliphatic carbocycles. The Morgan fingerprint density at radius 1 is 0.472 bits per heavy atom. The molecule has 6 aromatic rings. The molecule has 144 heavy (non-hydrogen) atoms. The predicted octanol–water partition coefficient (Wildman–Crippen LogP) is 0.0176. The van der Waals surface area contributed by atoms with Gasteiger partial charge in [0.1, 0.15) is 96.4 Å². The molecule has 0 unspecified atom stereocenters. The largest absolute Gasteiger partial charge is 0.508 e. The standard InChI is InChI=1S/C100H139N23O20S/c1-53(2)44-71-91(136)120-81(55(5)6)95(140)121-82(58(9)124)96(141)118-77(93(138)109-56(7)84(101)129)51-144-52-78(126)110-72(45-59-24-14-11-15-25-59)87(132)114-73(47-61-36-40-66(125)41-37-61)89(134)116-76(49-79(127)128)90(135)115-75(48-65-50-108-68-31-21-20-30-67(65)68)92(137)119-80(54(3)4)94(139)117-74(46-60-34-38-63(39-35-60)62-26-16-12-17-27-62)88(133)112-70(33-23-43-107-100(104)105)98(143)123(10)57(8)85(130)122-83(64-28-18-13-19-29-64)97(142)111-69(86(131)113-71)32-22-42-106-99(102)103/h11-12,14-17,20-21,24-27,30-31,34-41,50,53-58,64,69-77,80-83,108,124-125H,13,18-19,22-23,28-29,32-33,42-49,51-52H2,1-10H3,(H2,101,129)(H,109,138)(H,110,126)(H,111,142)(H,112,133)(H,113,131)(H,114,132)(H,115,135)(H,116,134)(H,117,139)(H,118,141)(H,119,137)(H,120,136)(H,121,140)(H,122,130)(H,127,128)(H4,102,103,106)(H4,104,105,107)/t56-,57-,58+,69-,70-,71-,72-,73-,74-,75-,76-,77-,80-,81-,82-,83+/m0/s1. The predicted molar refractivity (Wildman–Crippen MR) is 539 cm³/mol. The summed E-state index contributed by atoms with van der Waals surface area (Å²) in [7, 11) is 1.29. The highest BCUT2D eigenvalue weighted by atomic mass is 32.2. The Morgan fingerprint density at radius 2 is 0.910 bits per heavy atom. The fourth-order valence-corrected chi connectivity index (χ4v) is 17.5. The molecule has 1 aliphatic heterocycles. The molecule has 1 saturated heterocycles. The van der Waals surface area contributed by atoms with Crippen molar-refractivity contribution < 1.29 is 96.8 Å². The van der Waals surface area contributed by atoms with Gasteiger partial charge in [-0.1, -0.05) is 176 Å². The highest BCUT2D eigenvalue weighted by molar-refractivity contribution is 8.00. The van der Waals surface area contributed by atoms with E-state index in [-0.39, 0.29) is 81.7 Å². The monoisotopic (exact) mass is 2010 g/mol. The van der Waals surface area contributed by atoms with Crippen LogP contribution in [-0.2, 0) is 107 Å². The summed E-state index contributed by atoms with van der Waals surface area (Å²) < 4.78 is 0. The molecular formula is C100H139N23O20S. The number of carboxylic acid groups (broad SMARTS) is 1. The first-order valence-electron chi connectivity index (χ1n) is 48.3. The van der Waals surface area contributed by atoms with Crippen molar-refractivity contribution in [3.05, 3.63) is 162 Å². The van der Waals surface area contributed by atoms with E-state index in [1.807, 2.05) is 30.3 Å². The van der Waals surface area contributed by atoms with Gasteiger partial charge in [0.05, 0.1) is 18.3 Å². The van der Waals surface area contributed by atoms with Gasteiger partial charge in [0, 0.05) is 68.7 Å². The van der Waals surface area contributed by atoms with Gasteiger partial charge < -0.3 is 127 Å². The van der Waals surface area contributed by atoms with E-state index in [1.165, 1.54) is 45.2 Å². The molecule has 1 saturated carbocycles. The smallest absolute Gasteiger partial charge is 0.305 e. The number of amides is 16. The van der Waals surface area contributed by atoms with Crippen LogP contribution in [0.2, 0.25) is 0 Å². The van der Waals surface area contributed by atoms with E-state index in [9.17, 15) is 48.9 Å². The number of fused-ring (bicyclic) bond motifs is 1. The lowest BCUT2D eigenvalue weighted by molar-refractivity contribution is -0.143. The van der Waals surface area contributed by atoms with Gasteiger partial charge >= 0.3 is 5.97 Å². The van der Waals surface area contributed by atoms with E-state index >= 15 is 47.9 Å².